The van der Waals surface area contributed by atoms with Crippen molar-refractivity contribution in [3.63, 3.8) is 0 Å². The van der Waals surface area contributed by atoms with Gasteiger partial charge in [0.25, 0.3) is 0 Å². The Morgan fingerprint density at radius 3 is 2.50 bits per heavy atom. The van der Waals surface area contributed by atoms with Crippen LogP contribution in [-0.4, -0.2) is 60.0 Å². The number of rotatable bonds is 2. The summed E-state index contributed by atoms with van der Waals surface area (Å²) in [4.78, 5) is 48.1. The average Bonchev–Trinajstić information content (AvgIpc) is 2.44. The predicted molar refractivity (Wildman–Crippen MR) is 76.1 cm³/mol. The zero-order valence-corrected chi connectivity index (χ0v) is 13.0. The van der Waals surface area contributed by atoms with Gasteiger partial charge < -0.3 is 20.1 Å². The number of hydrogen-bond donors (Lipinski definition) is 2. The number of amides is 2. The Balaban J connectivity index is 2.96. The van der Waals surface area contributed by atoms with Gasteiger partial charge in [-0.15, -0.1) is 0 Å². The predicted octanol–water partition coefficient (Wildman–Crippen LogP) is 0.259. The van der Waals surface area contributed by atoms with Crippen molar-refractivity contribution in [2.45, 2.75) is 32.7 Å². The molecule has 1 fully saturated rings. The van der Waals surface area contributed by atoms with Gasteiger partial charge in [0, 0.05) is 19.5 Å². The van der Waals surface area contributed by atoms with Crippen molar-refractivity contribution >= 4 is 23.8 Å². The highest BCUT2D eigenvalue weighted by Crippen LogP contribution is 2.18. The first-order valence-electron chi connectivity index (χ1n) is 7.15. The number of nitrogens with zero attached hydrogens (tertiary/aromatic N) is 1. The molecule has 3 atom stereocenters. The molecule has 0 aromatic rings. The Hall–Kier alpha value is -2.12. The molecule has 0 aliphatic carbocycles. The van der Waals surface area contributed by atoms with E-state index in [2.05, 4.69) is 5.32 Å². The number of aliphatic carboxylic acids is 1. The SMILES string of the molecule is CC(=O)[C@@H]1CCN(C)C(=O)OCC[C@H](C(=O)O)[C@@H](C)C(=O)N1. The molecule has 124 valence electrons. The lowest BCUT2D eigenvalue weighted by molar-refractivity contribution is -0.147. The Morgan fingerprint density at radius 2 is 1.95 bits per heavy atom. The summed E-state index contributed by atoms with van der Waals surface area (Å²) in [5.74, 6) is -3.67. The number of ketones is 1. The topological polar surface area (TPSA) is 113 Å². The number of carboxylic acids is 1. The third kappa shape index (κ3) is 4.71. The first-order chi connectivity index (χ1) is 10.2. The van der Waals surface area contributed by atoms with E-state index in [-0.39, 0.29) is 31.8 Å². The summed E-state index contributed by atoms with van der Waals surface area (Å²) >= 11 is 0. The zero-order valence-electron chi connectivity index (χ0n) is 13.0. The van der Waals surface area contributed by atoms with Gasteiger partial charge >= 0.3 is 12.1 Å². The molecule has 8 heteroatoms. The van der Waals surface area contributed by atoms with E-state index in [4.69, 9.17) is 4.74 Å². The van der Waals surface area contributed by atoms with Gasteiger partial charge in [-0.3, -0.25) is 14.4 Å². The van der Waals surface area contributed by atoms with Crippen LogP contribution in [0.1, 0.15) is 26.7 Å². The summed E-state index contributed by atoms with van der Waals surface area (Å²) in [5.41, 5.74) is 0. The number of carbonyl (C=O) groups is 4. The molecule has 1 aliphatic heterocycles. The number of carbonyl (C=O) groups excluding carboxylic acids is 3. The Morgan fingerprint density at radius 1 is 1.32 bits per heavy atom. The van der Waals surface area contributed by atoms with Crippen molar-refractivity contribution < 1.29 is 29.0 Å². The standard InChI is InChI=1S/C14H22N2O6/c1-8-10(13(19)20)5-7-22-14(21)16(3)6-4-11(9(2)17)15-12(8)18/h8,10-11H,4-7H2,1-3H3,(H,15,18)(H,19,20)/t8-,10+,11+/m1/s1. The first-order valence-corrected chi connectivity index (χ1v) is 7.15. The van der Waals surface area contributed by atoms with E-state index in [9.17, 15) is 24.3 Å². The maximum Gasteiger partial charge on any atom is 0.409 e. The zero-order chi connectivity index (χ0) is 16.9. The van der Waals surface area contributed by atoms with Crippen molar-refractivity contribution in [3.05, 3.63) is 0 Å². The normalized spacial score (nSPS) is 28.0. The number of cyclic esters (lactones) is 1. The van der Waals surface area contributed by atoms with E-state index in [0.29, 0.717) is 0 Å². The molecule has 1 saturated heterocycles. The number of ether oxygens (including phenoxy) is 1. The lowest BCUT2D eigenvalue weighted by Gasteiger charge is -2.26. The van der Waals surface area contributed by atoms with Crippen molar-refractivity contribution in [1.82, 2.24) is 10.2 Å². The van der Waals surface area contributed by atoms with E-state index in [1.54, 1.807) is 0 Å². The molecule has 0 spiro atoms. The van der Waals surface area contributed by atoms with Crippen LogP contribution in [0.15, 0.2) is 0 Å². The van der Waals surface area contributed by atoms with E-state index in [0.717, 1.165) is 0 Å². The molecule has 0 radical (unpaired) electrons. The number of hydrogen-bond acceptors (Lipinski definition) is 5. The van der Waals surface area contributed by atoms with Crippen LogP contribution >= 0.6 is 0 Å². The van der Waals surface area contributed by atoms with Gasteiger partial charge in [-0.1, -0.05) is 6.92 Å². The van der Waals surface area contributed by atoms with Crippen LogP contribution in [0, 0.1) is 11.8 Å². The summed E-state index contributed by atoms with van der Waals surface area (Å²) in [6, 6.07) is -0.751. The van der Waals surface area contributed by atoms with Crippen LogP contribution in [-0.2, 0) is 19.1 Å². The highest BCUT2D eigenvalue weighted by atomic mass is 16.6. The fourth-order valence-electron chi connectivity index (χ4n) is 2.25. The average molecular weight is 314 g/mol. The Kier molecular flexibility index (Phi) is 6.33. The van der Waals surface area contributed by atoms with Gasteiger partial charge in [0.05, 0.1) is 18.6 Å². The molecular weight excluding hydrogens is 292 g/mol. The molecule has 1 aliphatic rings. The van der Waals surface area contributed by atoms with Crippen molar-refractivity contribution in [3.8, 4) is 0 Å². The van der Waals surface area contributed by atoms with Gasteiger partial charge in [0.1, 0.15) is 0 Å². The molecule has 0 bridgehead atoms. The van der Waals surface area contributed by atoms with Crippen LogP contribution in [0.4, 0.5) is 4.79 Å². The lowest BCUT2D eigenvalue weighted by Crippen LogP contribution is -2.47. The largest absolute Gasteiger partial charge is 0.481 e. The minimum atomic E-state index is -1.14. The number of carboxylic acid groups (broad SMARTS) is 1. The van der Waals surface area contributed by atoms with Crippen LogP contribution in [0.5, 0.6) is 0 Å². The van der Waals surface area contributed by atoms with E-state index < -0.39 is 35.8 Å². The Bertz CT molecular complexity index is 464. The maximum atomic E-state index is 12.2. The minimum absolute atomic E-state index is 0.0360. The van der Waals surface area contributed by atoms with Crippen LogP contribution < -0.4 is 5.32 Å². The monoisotopic (exact) mass is 314 g/mol. The fourth-order valence-corrected chi connectivity index (χ4v) is 2.25. The first kappa shape index (κ1) is 17.9. The summed E-state index contributed by atoms with van der Waals surface area (Å²) in [6.07, 6.45) is -0.295. The van der Waals surface area contributed by atoms with Crippen LogP contribution in [0.2, 0.25) is 0 Å². The molecule has 8 nitrogen and oxygen atoms in total. The molecule has 0 saturated carbocycles. The molecule has 1 heterocycles. The molecule has 0 aromatic carbocycles. The summed E-state index contributed by atoms with van der Waals surface area (Å²) in [7, 11) is 1.52. The van der Waals surface area contributed by atoms with Gasteiger partial charge in [-0.2, -0.15) is 0 Å². The molecule has 0 aromatic heterocycles. The third-order valence-corrected chi connectivity index (χ3v) is 3.86. The second kappa shape index (κ2) is 7.77. The fraction of sp³-hybridized carbons (Fsp3) is 0.714. The quantitative estimate of drug-likeness (QED) is 0.756. The van der Waals surface area contributed by atoms with E-state index >= 15 is 0 Å². The molecule has 0 unspecified atom stereocenters. The molecule has 22 heavy (non-hydrogen) atoms. The van der Waals surface area contributed by atoms with Crippen molar-refractivity contribution in [2.24, 2.45) is 11.8 Å². The van der Waals surface area contributed by atoms with Crippen molar-refractivity contribution in [1.29, 1.82) is 0 Å². The summed E-state index contributed by atoms with van der Waals surface area (Å²) in [5, 5.41) is 11.8. The lowest BCUT2D eigenvalue weighted by atomic mass is 9.90. The second-order valence-electron chi connectivity index (χ2n) is 5.52. The second-order valence-corrected chi connectivity index (χ2v) is 5.52. The maximum absolute atomic E-state index is 12.2. The number of Topliss-reactive ketones (excluding diaryl/α,β-unsaturated/α-hetero) is 1. The smallest absolute Gasteiger partial charge is 0.409 e. The summed E-state index contributed by atoms with van der Waals surface area (Å²) in [6.45, 7) is 3.01. The van der Waals surface area contributed by atoms with Gasteiger partial charge in [0.15, 0.2) is 5.78 Å². The summed E-state index contributed by atoms with van der Waals surface area (Å²) < 4.78 is 4.99. The van der Waals surface area contributed by atoms with Gasteiger partial charge in [0.2, 0.25) is 5.91 Å². The van der Waals surface area contributed by atoms with Gasteiger partial charge in [-0.05, 0) is 19.8 Å². The molecule has 2 amide bonds. The molecule has 1 rings (SSSR count). The molecular formula is C14H22N2O6. The van der Waals surface area contributed by atoms with Crippen LogP contribution in [0.25, 0.3) is 0 Å². The van der Waals surface area contributed by atoms with E-state index in [1.807, 2.05) is 0 Å². The molecule has 2 N–H and O–H groups in total. The highest BCUT2D eigenvalue weighted by Gasteiger charge is 2.32. The number of nitrogens with one attached hydrogen (secondary N) is 1. The minimum Gasteiger partial charge on any atom is -0.481 e. The third-order valence-electron chi connectivity index (χ3n) is 3.86. The van der Waals surface area contributed by atoms with Crippen LogP contribution in [0.3, 0.4) is 0 Å². The Labute approximate surface area is 128 Å². The van der Waals surface area contributed by atoms with Gasteiger partial charge in [-0.25, -0.2) is 4.79 Å². The van der Waals surface area contributed by atoms with E-state index in [1.165, 1.54) is 25.8 Å². The van der Waals surface area contributed by atoms with Crippen molar-refractivity contribution in [2.75, 3.05) is 20.2 Å². The highest BCUT2D eigenvalue weighted by molar-refractivity contribution is 5.90.